The number of esters is 1. The maximum absolute atomic E-state index is 12.4. The summed E-state index contributed by atoms with van der Waals surface area (Å²) in [6.45, 7) is 3.50. The lowest BCUT2D eigenvalue weighted by Gasteiger charge is -2.06. The second-order valence-electron chi connectivity index (χ2n) is 5.30. The van der Waals surface area contributed by atoms with Crippen molar-refractivity contribution in [3.05, 3.63) is 70.5 Å². The SMILES string of the molecule is Cc1cc(C(=O)COC(=O)c2ccccc2)c(C)n1-c1nccs1. The van der Waals surface area contributed by atoms with Crippen LogP contribution in [0.25, 0.3) is 5.13 Å². The van der Waals surface area contributed by atoms with Crippen LogP contribution in [0.4, 0.5) is 0 Å². The van der Waals surface area contributed by atoms with Gasteiger partial charge < -0.3 is 4.74 Å². The molecule has 0 saturated heterocycles. The van der Waals surface area contributed by atoms with Gasteiger partial charge in [-0.25, -0.2) is 9.78 Å². The van der Waals surface area contributed by atoms with Crippen molar-refractivity contribution in [1.29, 1.82) is 0 Å². The van der Waals surface area contributed by atoms with Crippen LogP contribution >= 0.6 is 11.3 Å². The van der Waals surface area contributed by atoms with Gasteiger partial charge in [-0.2, -0.15) is 0 Å². The number of ketones is 1. The van der Waals surface area contributed by atoms with Crippen LogP contribution in [-0.4, -0.2) is 27.9 Å². The van der Waals surface area contributed by atoms with Gasteiger partial charge in [0, 0.05) is 28.5 Å². The normalized spacial score (nSPS) is 10.6. The van der Waals surface area contributed by atoms with Crippen LogP contribution < -0.4 is 0 Å². The molecule has 2 heterocycles. The van der Waals surface area contributed by atoms with Gasteiger partial charge >= 0.3 is 5.97 Å². The first-order chi connectivity index (χ1) is 11.6. The van der Waals surface area contributed by atoms with Crippen LogP contribution in [0.2, 0.25) is 0 Å². The van der Waals surface area contributed by atoms with E-state index in [1.807, 2.05) is 29.9 Å². The Morgan fingerprint density at radius 1 is 1.21 bits per heavy atom. The van der Waals surface area contributed by atoms with Gasteiger partial charge in [-0.05, 0) is 32.0 Å². The largest absolute Gasteiger partial charge is 0.454 e. The first-order valence-corrected chi connectivity index (χ1v) is 8.30. The maximum atomic E-state index is 12.4. The van der Waals surface area contributed by atoms with Gasteiger partial charge in [0.05, 0.1) is 5.56 Å². The number of hydrogen-bond acceptors (Lipinski definition) is 5. The van der Waals surface area contributed by atoms with Crippen molar-refractivity contribution < 1.29 is 14.3 Å². The molecule has 0 aliphatic carbocycles. The Morgan fingerprint density at radius 2 is 1.96 bits per heavy atom. The number of benzene rings is 1. The Morgan fingerprint density at radius 3 is 2.62 bits per heavy atom. The first kappa shape index (κ1) is 16.1. The molecule has 3 aromatic rings. The molecule has 0 saturated carbocycles. The van der Waals surface area contributed by atoms with Crippen LogP contribution in [0.3, 0.4) is 0 Å². The van der Waals surface area contributed by atoms with Crippen LogP contribution in [-0.2, 0) is 4.74 Å². The number of hydrogen-bond donors (Lipinski definition) is 0. The minimum Gasteiger partial charge on any atom is -0.454 e. The molecule has 0 radical (unpaired) electrons. The minimum absolute atomic E-state index is 0.227. The molecule has 122 valence electrons. The van der Waals surface area contributed by atoms with E-state index in [0.717, 1.165) is 16.5 Å². The van der Waals surface area contributed by atoms with Crippen molar-refractivity contribution in [1.82, 2.24) is 9.55 Å². The summed E-state index contributed by atoms with van der Waals surface area (Å²) in [7, 11) is 0. The van der Waals surface area contributed by atoms with E-state index in [1.165, 1.54) is 11.3 Å². The summed E-state index contributed by atoms with van der Waals surface area (Å²) in [6, 6.07) is 10.4. The van der Waals surface area contributed by atoms with Crippen LogP contribution in [0, 0.1) is 13.8 Å². The Bertz CT molecular complexity index is 867. The van der Waals surface area contributed by atoms with Crippen LogP contribution in [0.1, 0.15) is 32.1 Å². The third-order valence-corrected chi connectivity index (χ3v) is 4.44. The highest BCUT2D eigenvalue weighted by Gasteiger charge is 2.19. The number of aryl methyl sites for hydroxylation is 1. The van der Waals surface area contributed by atoms with E-state index in [-0.39, 0.29) is 12.4 Å². The van der Waals surface area contributed by atoms with Crippen molar-refractivity contribution in [2.45, 2.75) is 13.8 Å². The number of nitrogens with zero attached hydrogens (tertiary/aromatic N) is 2. The second kappa shape index (κ2) is 6.80. The smallest absolute Gasteiger partial charge is 0.338 e. The summed E-state index contributed by atoms with van der Waals surface area (Å²) >= 11 is 1.50. The molecule has 0 fully saturated rings. The Balaban J connectivity index is 1.74. The number of thiazole rings is 1. The minimum atomic E-state index is -0.502. The molecule has 0 amide bonds. The molecule has 24 heavy (non-hydrogen) atoms. The lowest BCUT2D eigenvalue weighted by Crippen LogP contribution is -2.15. The lowest BCUT2D eigenvalue weighted by molar-refractivity contribution is 0.0474. The molecule has 0 atom stereocenters. The van der Waals surface area contributed by atoms with E-state index in [0.29, 0.717) is 11.1 Å². The molecule has 6 heteroatoms. The van der Waals surface area contributed by atoms with Crippen LogP contribution in [0.15, 0.2) is 48.0 Å². The molecule has 0 aliphatic rings. The van der Waals surface area contributed by atoms with Crippen molar-refractivity contribution in [3.63, 3.8) is 0 Å². The molecule has 0 aliphatic heterocycles. The first-order valence-electron chi connectivity index (χ1n) is 7.42. The fourth-order valence-electron chi connectivity index (χ4n) is 2.53. The quantitative estimate of drug-likeness (QED) is 0.526. The van der Waals surface area contributed by atoms with E-state index in [2.05, 4.69) is 4.98 Å². The van der Waals surface area contributed by atoms with Gasteiger partial charge in [0.2, 0.25) is 5.78 Å². The number of ether oxygens (including phenoxy) is 1. The predicted octanol–water partition coefficient (Wildman–Crippen LogP) is 3.59. The number of aromatic nitrogens is 2. The van der Waals surface area contributed by atoms with Crippen LogP contribution in [0.5, 0.6) is 0 Å². The number of carbonyl (C=O) groups is 2. The summed E-state index contributed by atoms with van der Waals surface area (Å²) in [5, 5.41) is 2.70. The standard InChI is InChI=1S/C18H16N2O3S/c1-12-10-15(13(2)20(12)18-19-8-9-24-18)16(21)11-23-17(22)14-6-4-3-5-7-14/h3-10H,11H2,1-2H3. The molecule has 3 rings (SSSR count). The van der Waals surface area contributed by atoms with Gasteiger partial charge in [-0.1, -0.05) is 18.2 Å². The van der Waals surface area contributed by atoms with E-state index in [4.69, 9.17) is 4.74 Å². The highest BCUT2D eigenvalue weighted by molar-refractivity contribution is 7.12. The zero-order valence-corrected chi connectivity index (χ0v) is 14.2. The Hall–Kier alpha value is -2.73. The average molecular weight is 340 g/mol. The average Bonchev–Trinajstić information content (AvgIpc) is 3.21. The molecular formula is C18H16N2O3S. The summed E-state index contributed by atoms with van der Waals surface area (Å²) in [4.78, 5) is 28.6. The topological polar surface area (TPSA) is 61.2 Å². The molecule has 2 aromatic heterocycles. The third kappa shape index (κ3) is 3.14. The molecule has 0 spiro atoms. The molecule has 5 nitrogen and oxygen atoms in total. The lowest BCUT2D eigenvalue weighted by atomic mass is 10.1. The Kier molecular flexibility index (Phi) is 4.57. The van der Waals surface area contributed by atoms with Crippen molar-refractivity contribution in [2.24, 2.45) is 0 Å². The number of rotatable bonds is 5. The zero-order chi connectivity index (χ0) is 17.1. The highest BCUT2D eigenvalue weighted by atomic mass is 32.1. The van der Waals surface area contributed by atoms with Crippen molar-refractivity contribution in [3.8, 4) is 5.13 Å². The van der Waals surface area contributed by atoms with E-state index in [1.54, 1.807) is 36.5 Å². The molecule has 0 unspecified atom stereocenters. The Labute approximate surface area is 143 Å². The van der Waals surface area contributed by atoms with Gasteiger partial charge in [0.25, 0.3) is 0 Å². The van der Waals surface area contributed by atoms with Gasteiger partial charge in [0.1, 0.15) is 0 Å². The molecule has 1 aromatic carbocycles. The fraction of sp³-hybridized carbons (Fsp3) is 0.167. The number of Topliss-reactive ketones (excluding diaryl/α,β-unsaturated/α-hetero) is 1. The second-order valence-corrected chi connectivity index (χ2v) is 6.17. The van der Waals surface area contributed by atoms with Crippen molar-refractivity contribution >= 4 is 23.1 Å². The van der Waals surface area contributed by atoms with Gasteiger partial charge in [-0.15, -0.1) is 11.3 Å². The predicted molar refractivity (Wildman–Crippen MR) is 92.0 cm³/mol. The van der Waals surface area contributed by atoms with E-state index >= 15 is 0 Å². The maximum Gasteiger partial charge on any atom is 0.338 e. The summed E-state index contributed by atoms with van der Waals surface area (Å²) in [5.41, 5.74) is 2.69. The monoisotopic (exact) mass is 340 g/mol. The third-order valence-electron chi connectivity index (χ3n) is 3.69. The molecule has 0 N–H and O–H groups in total. The number of carbonyl (C=O) groups excluding carboxylic acids is 2. The summed E-state index contributed by atoms with van der Waals surface area (Å²) < 4.78 is 7.06. The summed E-state index contributed by atoms with van der Waals surface area (Å²) in [5.74, 6) is -0.729. The van der Waals surface area contributed by atoms with E-state index < -0.39 is 5.97 Å². The van der Waals surface area contributed by atoms with E-state index in [9.17, 15) is 9.59 Å². The zero-order valence-electron chi connectivity index (χ0n) is 13.4. The van der Waals surface area contributed by atoms with Crippen molar-refractivity contribution in [2.75, 3.05) is 6.61 Å². The fourth-order valence-corrected chi connectivity index (χ4v) is 3.28. The highest BCUT2D eigenvalue weighted by Crippen LogP contribution is 2.22. The summed E-state index contributed by atoms with van der Waals surface area (Å²) in [6.07, 6.45) is 1.72. The molecular weight excluding hydrogens is 324 g/mol. The molecule has 0 bridgehead atoms. The van der Waals surface area contributed by atoms with Gasteiger partial charge in [0.15, 0.2) is 11.7 Å². The van der Waals surface area contributed by atoms with Gasteiger partial charge in [-0.3, -0.25) is 9.36 Å².